The molecule has 0 aliphatic heterocycles. The molecule has 0 aliphatic rings. The van der Waals surface area contributed by atoms with Crippen LogP contribution in [0.3, 0.4) is 0 Å². The van der Waals surface area contributed by atoms with Crippen LogP contribution < -0.4 is 5.32 Å². The van der Waals surface area contributed by atoms with Crippen LogP contribution >= 0.6 is 11.6 Å². The molecule has 1 aromatic rings. The van der Waals surface area contributed by atoms with E-state index in [2.05, 4.69) is 5.32 Å². The number of hydrogen-bond donors (Lipinski definition) is 1. The first-order valence-corrected chi connectivity index (χ1v) is 9.54. The quantitative estimate of drug-likeness (QED) is 0.861. The minimum atomic E-state index is -3.13. The average molecular weight is 347 g/mol. The zero-order valence-corrected chi connectivity index (χ0v) is 14.9. The molecule has 1 rings (SSSR count). The Morgan fingerprint density at radius 1 is 1.41 bits per heavy atom. The van der Waals surface area contributed by atoms with Crippen molar-refractivity contribution in [2.75, 3.05) is 19.1 Å². The summed E-state index contributed by atoms with van der Waals surface area (Å²) in [5.41, 5.74) is 0.924. The fourth-order valence-corrected chi connectivity index (χ4v) is 3.44. The largest absolute Gasteiger partial charge is 0.331 e. The van der Waals surface area contributed by atoms with Gasteiger partial charge in [-0.25, -0.2) is 13.2 Å². The van der Waals surface area contributed by atoms with Crippen molar-refractivity contribution in [2.24, 2.45) is 0 Å². The number of carbonyl (C=O) groups is 1. The molecule has 0 aromatic heterocycles. The summed E-state index contributed by atoms with van der Waals surface area (Å²) in [4.78, 5) is 13.7. The standard InChI is InChI=1S/C15H23ClN2O3S/c1-5-14(12-7-6-8-13(16)9-12)17-15(19)18(3)11(2)10-22(4,20)21/h6-9,11,14H,5,10H2,1-4H3,(H,17,19). The maximum Gasteiger partial charge on any atom is 0.317 e. The SMILES string of the molecule is CCC(NC(=O)N(C)C(C)CS(C)(=O)=O)c1cccc(Cl)c1. The molecule has 124 valence electrons. The minimum absolute atomic E-state index is 0.0646. The van der Waals surface area contributed by atoms with E-state index in [1.165, 1.54) is 4.90 Å². The molecule has 0 radical (unpaired) electrons. The van der Waals surface area contributed by atoms with Crippen molar-refractivity contribution < 1.29 is 13.2 Å². The third-order valence-corrected chi connectivity index (χ3v) is 4.81. The summed E-state index contributed by atoms with van der Waals surface area (Å²) >= 11 is 5.98. The Balaban J connectivity index is 2.76. The van der Waals surface area contributed by atoms with Crippen LogP contribution in [0.5, 0.6) is 0 Å². The van der Waals surface area contributed by atoms with Crippen molar-refractivity contribution >= 4 is 27.5 Å². The molecule has 2 unspecified atom stereocenters. The van der Waals surface area contributed by atoms with Crippen molar-refractivity contribution in [3.8, 4) is 0 Å². The van der Waals surface area contributed by atoms with Gasteiger partial charge in [-0.15, -0.1) is 0 Å². The Labute approximate surface area is 137 Å². The Morgan fingerprint density at radius 2 is 2.05 bits per heavy atom. The van der Waals surface area contributed by atoms with Gasteiger partial charge in [0, 0.05) is 24.4 Å². The fourth-order valence-electron chi connectivity index (χ4n) is 2.15. The van der Waals surface area contributed by atoms with E-state index in [0.717, 1.165) is 11.8 Å². The predicted molar refractivity (Wildman–Crippen MR) is 90.0 cm³/mol. The fraction of sp³-hybridized carbons (Fsp3) is 0.533. The van der Waals surface area contributed by atoms with Gasteiger partial charge in [-0.2, -0.15) is 0 Å². The second kappa shape index (κ2) is 7.83. The van der Waals surface area contributed by atoms with Gasteiger partial charge in [-0.3, -0.25) is 0 Å². The predicted octanol–water partition coefficient (Wildman–Crippen LogP) is 2.87. The van der Waals surface area contributed by atoms with Crippen LogP contribution in [-0.4, -0.2) is 44.4 Å². The summed E-state index contributed by atoms with van der Waals surface area (Å²) in [6, 6.07) is 6.47. The van der Waals surface area contributed by atoms with Gasteiger partial charge in [-0.1, -0.05) is 30.7 Å². The number of nitrogens with one attached hydrogen (secondary N) is 1. The highest BCUT2D eigenvalue weighted by atomic mass is 35.5. The van der Waals surface area contributed by atoms with Crippen LogP contribution in [0.25, 0.3) is 0 Å². The number of sulfone groups is 1. The Bertz CT molecular complexity index is 619. The molecule has 0 heterocycles. The monoisotopic (exact) mass is 346 g/mol. The van der Waals surface area contributed by atoms with Crippen molar-refractivity contribution in [3.63, 3.8) is 0 Å². The van der Waals surface area contributed by atoms with Gasteiger partial charge in [0.15, 0.2) is 0 Å². The molecule has 0 saturated heterocycles. The molecule has 22 heavy (non-hydrogen) atoms. The first-order valence-electron chi connectivity index (χ1n) is 7.10. The zero-order valence-electron chi connectivity index (χ0n) is 13.3. The number of hydrogen-bond acceptors (Lipinski definition) is 3. The van der Waals surface area contributed by atoms with Crippen LogP contribution in [0, 0.1) is 0 Å². The molecule has 2 amide bonds. The Hall–Kier alpha value is -1.27. The third-order valence-electron chi connectivity index (χ3n) is 3.48. The lowest BCUT2D eigenvalue weighted by Crippen LogP contribution is -2.46. The molecule has 1 aromatic carbocycles. The van der Waals surface area contributed by atoms with Gasteiger partial charge in [0.05, 0.1) is 11.8 Å². The van der Waals surface area contributed by atoms with Gasteiger partial charge in [-0.05, 0) is 31.0 Å². The van der Waals surface area contributed by atoms with Crippen molar-refractivity contribution in [1.29, 1.82) is 0 Å². The van der Waals surface area contributed by atoms with Crippen LogP contribution in [0.4, 0.5) is 4.79 Å². The summed E-state index contributed by atoms with van der Waals surface area (Å²) in [5, 5.41) is 3.52. The lowest BCUT2D eigenvalue weighted by atomic mass is 10.0. The van der Waals surface area contributed by atoms with E-state index in [1.807, 2.05) is 25.1 Å². The smallest absolute Gasteiger partial charge is 0.317 e. The number of rotatable bonds is 6. The molecule has 5 nitrogen and oxygen atoms in total. The van der Waals surface area contributed by atoms with E-state index in [9.17, 15) is 13.2 Å². The second-order valence-electron chi connectivity index (χ2n) is 5.52. The number of benzene rings is 1. The minimum Gasteiger partial charge on any atom is -0.331 e. The molecule has 7 heteroatoms. The second-order valence-corrected chi connectivity index (χ2v) is 8.14. The van der Waals surface area contributed by atoms with Crippen molar-refractivity contribution in [2.45, 2.75) is 32.4 Å². The van der Waals surface area contributed by atoms with E-state index < -0.39 is 15.9 Å². The highest BCUT2D eigenvalue weighted by molar-refractivity contribution is 7.90. The first kappa shape index (κ1) is 18.8. The van der Waals surface area contributed by atoms with E-state index >= 15 is 0 Å². The molecule has 2 atom stereocenters. The van der Waals surface area contributed by atoms with Crippen LogP contribution in [0.2, 0.25) is 5.02 Å². The average Bonchev–Trinajstić information content (AvgIpc) is 2.41. The molecule has 0 spiro atoms. The topological polar surface area (TPSA) is 66.5 Å². The van der Waals surface area contributed by atoms with E-state index in [-0.39, 0.29) is 17.8 Å². The van der Waals surface area contributed by atoms with Crippen LogP contribution in [0.15, 0.2) is 24.3 Å². The summed E-state index contributed by atoms with van der Waals surface area (Å²) < 4.78 is 22.7. The summed E-state index contributed by atoms with van der Waals surface area (Å²) in [5.74, 6) is -0.0646. The summed E-state index contributed by atoms with van der Waals surface area (Å²) in [6.45, 7) is 3.67. The molecule has 1 N–H and O–H groups in total. The first-order chi connectivity index (χ1) is 10.1. The van der Waals surface area contributed by atoms with Crippen molar-refractivity contribution in [1.82, 2.24) is 10.2 Å². The van der Waals surface area contributed by atoms with Crippen LogP contribution in [0.1, 0.15) is 31.9 Å². The van der Waals surface area contributed by atoms with Gasteiger partial charge >= 0.3 is 6.03 Å². The van der Waals surface area contributed by atoms with Gasteiger partial charge in [0.25, 0.3) is 0 Å². The highest BCUT2D eigenvalue weighted by Crippen LogP contribution is 2.20. The third kappa shape index (κ3) is 5.85. The molecular formula is C15H23ClN2O3S. The summed E-state index contributed by atoms with van der Waals surface area (Å²) in [6.07, 6.45) is 1.87. The number of urea groups is 1. The maximum atomic E-state index is 12.3. The Kier molecular flexibility index (Phi) is 6.68. The Morgan fingerprint density at radius 3 is 2.55 bits per heavy atom. The lowest BCUT2D eigenvalue weighted by Gasteiger charge is -2.27. The number of amides is 2. The normalized spacial score (nSPS) is 14.2. The van der Waals surface area contributed by atoms with Crippen molar-refractivity contribution in [3.05, 3.63) is 34.9 Å². The number of nitrogens with zero attached hydrogens (tertiary/aromatic N) is 1. The number of halogens is 1. The van der Waals surface area contributed by atoms with Gasteiger partial charge in [0.1, 0.15) is 9.84 Å². The molecule has 0 saturated carbocycles. The van der Waals surface area contributed by atoms with E-state index in [1.54, 1.807) is 20.0 Å². The highest BCUT2D eigenvalue weighted by Gasteiger charge is 2.22. The van der Waals surface area contributed by atoms with E-state index in [4.69, 9.17) is 11.6 Å². The lowest BCUT2D eigenvalue weighted by molar-refractivity contribution is 0.193. The zero-order chi connectivity index (χ0) is 16.9. The number of carbonyl (C=O) groups excluding carboxylic acids is 1. The van der Waals surface area contributed by atoms with Gasteiger partial charge in [0.2, 0.25) is 0 Å². The summed E-state index contributed by atoms with van der Waals surface area (Å²) in [7, 11) is -1.54. The van der Waals surface area contributed by atoms with E-state index in [0.29, 0.717) is 11.4 Å². The molecular weight excluding hydrogens is 324 g/mol. The molecule has 0 fully saturated rings. The van der Waals surface area contributed by atoms with Crippen LogP contribution in [-0.2, 0) is 9.84 Å². The van der Waals surface area contributed by atoms with Gasteiger partial charge < -0.3 is 10.2 Å². The maximum absolute atomic E-state index is 12.3. The molecule has 0 bridgehead atoms. The molecule has 0 aliphatic carbocycles.